The van der Waals surface area contributed by atoms with E-state index in [1.54, 1.807) is 44.2 Å². The SMILES string of the molecule is CCNC(=O)/C(C#N)=c1\s/c(=C/Nc2cccc(NC(=O)CN3CCN(c4ccc(F)cc4)CC3)n2)c(=O)n1CC. The number of thiazole rings is 1. The van der Waals surface area contributed by atoms with Crippen molar-refractivity contribution < 1.29 is 14.0 Å². The molecule has 0 unspecified atom stereocenters. The normalized spacial score (nSPS) is 14.8. The molecule has 0 bridgehead atoms. The van der Waals surface area contributed by atoms with Gasteiger partial charge in [0.15, 0.2) is 5.57 Å². The van der Waals surface area contributed by atoms with Gasteiger partial charge in [0.25, 0.3) is 11.5 Å². The number of carbonyl (C=O) groups excluding carboxylic acids is 2. The van der Waals surface area contributed by atoms with Gasteiger partial charge in [0.05, 0.1) is 6.54 Å². The number of aromatic nitrogens is 2. The van der Waals surface area contributed by atoms with Crippen LogP contribution in [0, 0.1) is 17.1 Å². The average molecular weight is 579 g/mol. The fourth-order valence-electron chi connectivity index (χ4n) is 4.36. The molecule has 3 N–H and O–H groups in total. The molecule has 0 aliphatic carbocycles. The Bertz CT molecular complexity index is 1620. The van der Waals surface area contributed by atoms with Crippen molar-refractivity contribution in [3.8, 4) is 6.07 Å². The van der Waals surface area contributed by atoms with Gasteiger partial charge in [0.2, 0.25) is 5.91 Å². The van der Waals surface area contributed by atoms with Gasteiger partial charge in [-0.25, -0.2) is 9.37 Å². The molecule has 11 nitrogen and oxygen atoms in total. The molecule has 2 aromatic heterocycles. The molecule has 4 rings (SSSR count). The number of piperazine rings is 1. The van der Waals surface area contributed by atoms with Crippen LogP contribution in [-0.2, 0) is 16.1 Å². The van der Waals surface area contributed by atoms with Crippen LogP contribution < -0.4 is 35.6 Å². The largest absolute Gasteiger partial charge is 0.369 e. The lowest BCUT2D eigenvalue weighted by Gasteiger charge is -2.35. The predicted molar refractivity (Wildman–Crippen MR) is 157 cm³/mol. The second kappa shape index (κ2) is 13.7. The lowest BCUT2D eigenvalue weighted by Crippen LogP contribution is -2.48. The van der Waals surface area contributed by atoms with Crippen molar-refractivity contribution in [3.63, 3.8) is 0 Å². The minimum atomic E-state index is -0.530. The van der Waals surface area contributed by atoms with E-state index in [1.165, 1.54) is 22.9 Å². The van der Waals surface area contributed by atoms with E-state index in [9.17, 15) is 24.0 Å². The quantitative estimate of drug-likeness (QED) is 0.341. The molecule has 0 saturated carbocycles. The number of nitrogens with zero attached hydrogens (tertiary/aromatic N) is 5. The molecule has 1 aromatic carbocycles. The maximum atomic E-state index is 13.2. The lowest BCUT2D eigenvalue weighted by atomic mass is 10.2. The second-order valence-electron chi connectivity index (χ2n) is 9.15. The Hall–Kier alpha value is -4.54. The number of hydrogen-bond acceptors (Lipinski definition) is 9. The minimum absolute atomic E-state index is 0.116. The van der Waals surface area contributed by atoms with E-state index in [0.717, 1.165) is 30.1 Å². The molecule has 1 saturated heterocycles. The molecular weight excluding hydrogens is 547 g/mol. The molecule has 3 aromatic rings. The van der Waals surface area contributed by atoms with E-state index in [1.807, 2.05) is 11.0 Å². The van der Waals surface area contributed by atoms with Crippen LogP contribution in [0.5, 0.6) is 0 Å². The third-order valence-electron chi connectivity index (χ3n) is 6.41. The lowest BCUT2D eigenvalue weighted by molar-refractivity contribution is -0.117. The van der Waals surface area contributed by atoms with Crippen molar-refractivity contribution in [1.82, 2.24) is 19.8 Å². The Kier molecular flexibility index (Phi) is 9.83. The molecule has 1 fully saturated rings. The van der Waals surface area contributed by atoms with Crippen molar-refractivity contribution in [2.75, 3.05) is 54.8 Å². The van der Waals surface area contributed by atoms with Crippen molar-refractivity contribution >= 4 is 52.2 Å². The highest BCUT2D eigenvalue weighted by Gasteiger charge is 2.20. The topological polar surface area (TPSA) is 135 Å². The Morgan fingerprint density at radius 1 is 1.10 bits per heavy atom. The summed E-state index contributed by atoms with van der Waals surface area (Å²) in [5.74, 6) is -0.240. The van der Waals surface area contributed by atoms with Crippen LogP contribution >= 0.6 is 11.3 Å². The number of benzene rings is 1. The first-order valence-electron chi connectivity index (χ1n) is 13.2. The number of pyridine rings is 1. The molecule has 13 heteroatoms. The third-order valence-corrected chi connectivity index (χ3v) is 7.54. The zero-order valence-electron chi connectivity index (χ0n) is 22.8. The zero-order valence-corrected chi connectivity index (χ0v) is 23.6. The molecule has 214 valence electrons. The Morgan fingerprint density at radius 2 is 1.80 bits per heavy atom. The molecule has 41 heavy (non-hydrogen) atoms. The summed E-state index contributed by atoms with van der Waals surface area (Å²) in [7, 11) is 0. The second-order valence-corrected chi connectivity index (χ2v) is 10.2. The number of nitrogens with one attached hydrogen (secondary N) is 3. The van der Waals surface area contributed by atoms with Crippen molar-refractivity contribution in [1.29, 1.82) is 5.26 Å². The first kappa shape index (κ1) is 29.4. The highest BCUT2D eigenvalue weighted by atomic mass is 32.1. The number of anilines is 3. The first-order chi connectivity index (χ1) is 19.8. The molecule has 1 aliphatic rings. The first-order valence-corrected chi connectivity index (χ1v) is 14.0. The van der Waals surface area contributed by atoms with Crippen LogP contribution in [0.25, 0.3) is 11.8 Å². The van der Waals surface area contributed by atoms with E-state index in [2.05, 4.69) is 25.8 Å². The smallest absolute Gasteiger partial charge is 0.270 e. The highest BCUT2D eigenvalue weighted by Crippen LogP contribution is 2.17. The van der Waals surface area contributed by atoms with Crippen LogP contribution in [0.3, 0.4) is 0 Å². The van der Waals surface area contributed by atoms with Crippen LogP contribution in [0.15, 0.2) is 47.3 Å². The third kappa shape index (κ3) is 7.36. The Morgan fingerprint density at radius 3 is 2.46 bits per heavy atom. The van der Waals surface area contributed by atoms with Crippen molar-refractivity contribution in [3.05, 3.63) is 67.8 Å². The van der Waals surface area contributed by atoms with Crippen LogP contribution in [0.4, 0.5) is 21.7 Å². The minimum Gasteiger partial charge on any atom is -0.369 e. The number of carbonyl (C=O) groups is 2. The molecule has 0 radical (unpaired) electrons. The molecule has 2 amide bonds. The van der Waals surface area contributed by atoms with E-state index >= 15 is 0 Å². The number of amides is 2. The summed E-state index contributed by atoms with van der Waals surface area (Å²) in [5.41, 5.74) is 0.509. The van der Waals surface area contributed by atoms with Gasteiger partial charge in [0.1, 0.15) is 32.7 Å². The highest BCUT2D eigenvalue weighted by molar-refractivity contribution is 7.07. The maximum Gasteiger partial charge on any atom is 0.270 e. The van der Waals surface area contributed by atoms with Crippen molar-refractivity contribution in [2.24, 2.45) is 0 Å². The van der Waals surface area contributed by atoms with Crippen LogP contribution in [-0.4, -0.2) is 65.5 Å². The zero-order chi connectivity index (χ0) is 29.4. The van der Waals surface area contributed by atoms with Gasteiger partial charge in [-0.3, -0.25) is 23.9 Å². The van der Waals surface area contributed by atoms with Gasteiger partial charge in [-0.2, -0.15) is 5.26 Å². The standard InChI is InChI=1S/C28H31FN8O3S/c1-3-31-26(39)21(16-30)28-37(4-2)27(40)22(41-28)17-32-23-6-5-7-24(33-23)34-25(38)18-35-12-14-36(15-13-35)20-10-8-19(29)9-11-20/h5-11,17H,3-4,12-15,18H2,1-2H3,(H,31,39)(H2,32,33,34,38)/b22-17+,28-21-. The molecule has 1 aliphatic heterocycles. The van der Waals surface area contributed by atoms with Gasteiger partial charge in [-0.05, 0) is 50.2 Å². The summed E-state index contributed by atoms with van der Waals surface area (Å²) in [5, 5.41) is 17.9. The van der Waals surface area contributed by atoms with Gasteiger partial charge in [-0.15, -0.1) is 11.3 Å². The van der Waals surface area contributed by atoms with Crippen LogP contribution in [0.2, 0.25) is 0 Å². The fourth-order valence-corrected chi connectivity index (χ4v) is 5.45. The molecular formula is C28H31FN8O3S. The predicted octanol–water partition coefficient (Wildman–Crippen LogP) is 0.885. The summed E-state index contributed by atoms with van der Waals surface area (Å²) in [6.07, 6.45) is 1.48. The van der Waals surface area contributed by atoms with Gasteiger partial charge < -0.3 is 20.9 Å². The van der Waals surface area contributed by atoms with Crippen molar-refractivity contribution in [2.45, 2.75) is 20.4 Å². The van der Waals surface area contributed by atoms with Crippen LogP contribution in [0.1, 0.15) is 13.8 Å². The van der Waals surface area contributed by atoms with Gasteiger partial charge in [0, 0.05) is 51.2 Å². The summed E-state index contributed by atoms with van der Waals surface area (Å²) >= 11 is 1.04. The average Bonchev–Trinajstić information content (AvgIpc) is 3.28. The fraction of sp³-hybridized carbons (Fsp3) is 0.321. The summed E-state index contributed by atoms with van der Waals surface area (Å²) in [4.78, 5) is 46.5. The van der Waals surface area contributed by atoms with Gasteiger partial charge >= 0.3 is 0 Å². The van der Waals surface area contributed by atoms with E-state index < -0.39 is 5.91 Å². The number of halogens is 1. The molecule has 0 atom stereocenters. The van der Waals surface area contributed by atoms with E-state index in [0.29, 0.717) is 42.3 Å². The van der Waals surface area contributed by atoms with Gasteiger partial charge in [-0.1, -0.05) is 6.07 Å². The number of nitriles is 1. The Balaban J connectivity index is 1.39. The molecule has 0 spiro atoms. The van der Waals surface area contributed by atoms with E-state index in [4.69, 9.17) is 0 Å². The number of hydrogen-bond donors (Lipinski definition) is 3. The summed E-state index contributed by atoms with van der Waals surface area (Å²) < 4.78 is 15.2. The summed E-state index contributed by atoms with van der Waals surface area (Å²) in [6.45, 7) is 7.22. The Labute approximate surface area is 240 Å². The maximum absolute atomic E-state index is 13.2. The van der Waals surface area contributed by atoms with E-state index in [-0.39, 0.29) is 34.1 Å². The monoisotopic (exact) mass is 578 g/mol. The molecule has 3 heterocycles. The summed E-state index contributed by atoms with van der Waals surface area (Å²) in [6, 6.07) is 13.4. The number of rotatable bonds is 9.